The molecule has 0 aliphatic rings. The Hall–Kier alpha value is -0.690. The highest BCUT2D eigenvalue weighted by molar-refractivity contribution is 9.11. The summed E-state index contributed by atoms with van der Waals surface area (Å²) in [5.41, 5.74) is 6.93. The summed E-state index contributed by atoms with van der Waals surface area (Å²) in [6.45, 7) is 0. The van der Waals surface area contributed by atoms with Crippen LogP contribution in [0.5, 0.6) is 0 Å². The molecule has 0 spiro atoms. The molecule has 0 saturated carbocycles. The van der Waals surface area contributed by atoms with E-state index in [0.717, 1.165) is 14.2 Å². The van der Waals surface area contributed by atoms with Crippen molar-refractivity contribution in [3.05, 3.63) is 50.6 Å². The number of nitrogens with two attached hydrogens (primary N) is 1. The highest BCUT2D eigenvalue weighted by Crippen LogP contribution is 2.30. The third-order valence-corrected chi connectivity index (χ3v) is 5.36. The first-order chi connectivity index (χ1) is 8.38. The molecular weight excluding hydrogens is 334 g/mol. The maximum atomic E-state index is 11.5. The Kier molecular flexibility index (Phi) is 3.91. The van der Waals surface area contributed by atoms with Crippen LogP contribution in [0.2, 0.25) is 0 Å². The second kappa shape index (κ2) is 5.13. The van der Waals surface area contributed by atoms with Crippen LogP contribution in [0.3, 0.4) is 0 Å². The van der Waals surface area contributed by atoms with Gasteiger partial charge in [0.2, 0.25) is 0 Å². The van der Waals surface area contributed by atoms with E-state index in [-0.39, 0.29) is 6.04 Å². The highest BCUT2D eigenvalue weighted by atomic mass is 79.9. The molecular formula is C12H12BrNO2S2. The largest absolute Gasteiger partial charge is 0.320 e. The second-order valence-corrected chi connectivity index (χ2v) is 8.47. The van der Waals surface area contributed by atoms with Gasteiger partial charge in [-0.2, -0.15) is 0 Å². The average Bonchev–Trinajstić information content (AvgIpc) is 2.74. The Balaban J connectivity index is 2.40. The van der Waals surface area contributed by atoms with Gasteiger partial charge < -0.3 is 5.73 Å². The number of thiophene rings is 1. The van der Waals surface area contributed by atoms with Crippen molar-refractivity contribution in [1.82, 2.24) is 0 Å². The quantitative estimate of drug-likeness (QED) is 0.930. The molecule has 2 aromatic rings. The van der Waals surface area contributed by atoms with Crippen molar-refractivity contribution < 1.29 is 8.42 Å². The van der Waals surface area contributed by atoms with Gasteiger partial charge in [-0.25, -0.2) is 8.42 Å². The molecule has 3 nitrogen and oxygen atoms in total. The summed E-state index contributed by atoms with van der Waals surface area (Å²) in [7, 11) is -3.20. The Bertz CT molecular complexity index is 664. The number of hydrogen-bond acceptors (Lipinski definition) is 4. The Morgan fingerprint density at radius 3 is 2.56 bits per heavy atom. The van der Waals surface area contributed by atoms with Crippen LogP contribution >= 0.6 is 27.3 Å². The summed E-state index contributed by atoms with van der Waals surface area (Å²) in [6, 6.07) is 10.3. The lowest BCUT2D eigenvalue weighted by Crippen LogP contribution is -2.11. The average molecular weight is 346 g/mol. The molecule has 0 aliphatic heterocycles. The highest BCUT2D eigenvalue weighted by Gasteiger charge is 2.14. The SMILES string of the molecule is CS(=O)(=O)c1cccc(C(N)c2ccc(Br)s2)c1. The lowest BCUT2D eigenvalue weighted by Gasteiger charge is -2.11. The molecule has 1 aromatic heterocycles. The molecule has 6 heteroatoms. The third kappa shape index (κ3) is 3.00. The van der Waals surface area contributed by atoms with Crippen molar-refractivity contribution in [2.45, 2.75) is 10.9 Å². The molecule has 1 atom stereocenters. The van der Waals surface area contributed by atoms with Crippen molar-refractivity contribution in [2.75, 3.05) is 6.26 Å². The van der Waals surface area contributed by atoms with E-state index >= 15 is 0 Å². The van der Waals surface area contributed by atoms with Crippen molar-refractivity contribution in [3.63, 3.8) is 0 Å². The molecule has 2 N–H and O–H groups in total. The van der Waals surface area contributed by atoms with Gasteiger partial charge in [0, 0.05) is 11.1 Å². The Morgan fingerprint density at radius 1 is 1.28 bits per heavy atom. The molecule has 0 radical (unpaired) electrons. The minimum Gasteiger partial charge on any atom is -0.320 e. The minimum absolute atomic E-state index is 0.297. The monoisotopic (exact) mass is 345 g/mol. The van der Waals surface area contributed by atoms with Gasteiger partial charge in [0.05, 0.1) is 14.7 Å². The van der Waals surface area contributed by atoms with Crippen molar-refractivity contribution >= 4 is 37.1 Å². The van der Waals surface area contributed by atoms with Crippen LogP contribution in [0, 0.1) is 0 Å². The predicted octanol–water partition coefficient (Wildman–Crippen LogP) is 2.96. The third-order valence-electron chi connectivity index (χ3n) is 2.55. The molecule has 96 valence electrons. The van der Waals surface area contributed by atoms with Gasteiger partial charge >= 0.3 is 0 Å². The summed E-state index contributed by atoms with van der Waals surface area (Å²) >= 11 is 4.93. The molecule has 0 amide bonds. The molecule has 1 unspecified atom stereocenters. The molecule has 2 rings (SSSR count). The lowest BCUT2D eigenvalue weighted by molar-refractivity contribution is 0.601. The van der Waals surface area contributed by atoms with E-state index in [1.54, 1.807) is 29.5 Å². The van der Waals surface area contributed by atoms with Crippen LogP contribution in [0.15, 0.2) is 45.1 Å². The lowest BCUT2D eigenvalue weighted by atomic mass is 10.1. The zero-order valence-corrected chi connectivity index (χ0v) is 12.8. The Labute approximate surface area is 119 Å². The molecule has 18 heavy (non-hydrogen) atoms. The fourth-order valence-corrected chi connectivity index (χ4v) is 3.73. The van der Waals surface area contributed by atoms with Gasteiger partial charge in [0.15, 0.2) is 9.84 Å². The summed E-state index contributed by atoms with van der Waals surface area (Å²) in [5, 5.41) is 0. The van der Waals surface area contributed by atoms with Gasteiger partial charge in [0.25, 0.3) is 0 Å². The van der Waals surface area contributed by atoms with Crippen LogP contribution in [0.1, 0.15) is 16.5 Å². The normalized spacial score (nSPS) is 13.5. The van der Waals surface area contributed by atoms with E-state index in [1.165, 1.54) is 6.26 Å². The summed E-state index contributed by atoms with van der Waals surface area (Å²) < 4.78 is 24.0. The summed E-state index contributed by atoms with van der Waals surface area (Å²) in [6.07, 6.45) is 1.19. The summed E-state index contributed by atoms with van der Waals surface area (Å²) in [5.74, 6) is 0. The van der Waals surface area contributed by atoms with Crippen molar-refractivity contribution in [3.8, 4) is 0 Å². The Morgan fingerprint density at radius 2 is 2.00 bits per heavy atom. The number of rotatable bonds is 3. The molecule has 0 bridgehead atoms. The van der Waals surface area contributed by atoms with E-state index in [9.17, 15) is 8.42 Å². The minimum atomic E-state index is -3.20. The topological polar surface area (TPSA) is 60.2 Å². The molecule has 1 aromatic carbocycles. The zero-order chi connectivity index (χ0) is 13.3. The maximum Gasteiger partial charge on any atom is 0.175 e. The van der Waals surface area contributed by atoms with Crippen molar-refractivity contribution in [2.24, 2.45) is 5.73 Å². The molecule has 0 aliphatic carbocycles. The number of hydrogen-bond donors (Lipinski definition) is 1. The van der Waals surface area contributed by atoms with E-state index in [4.69, 9.17) is 5.73 Å². The maximum absolute atomic E-state index is 11.5. The van der Waals surface area contributed by atoms with E-state index < -0.39 is 9.84 Å². The van der Waals surface area contributed by atoms with E-state index in [0.29, 0.717) is 4.90 Å². The van der Waals surface area contributed by atoms with Gasteiger partial charge in [-0.1, -0.05) is 12.1 Å². The van der Waals surface area contributed by atoms with Crippen LogP contribution in [0.25, 0.3) is 0 Å². The fraction of sp³-hybridized carbons (Fsp3) is 0.167. The van der Waals surface area contributed by atoms with Gasteiger partial charge in [0.1, 0.15) is 0 Å². The van der Waals surface area contributed by atoms with Crippen LogP contribution in [0.4, 0.5) is 0 Å². The van der Waals surface area contributed by atoms with Gasteiger partial charge in [-0.05, 0) is 45.8 Å². The second-order valence-electron chi connectivity index (χ2n) is 3.96. The number of halogens is 1. The van der Waals surface area contributed by atoms with Gasteiger partial charge in [-0.15, -0.1) is 11.3 Å². The smallest absolute Gasteiger partial charge is 0.175 e. The first-order valence-corrected chi connectivity index (χ1v) is 8.69. The molecule has 0 saturated heterocycles. The van der Waals surface area contributed by atoms with E-state index in [2.05, 4.69) is 15.9 Å². The first-order valence-electron chi connectivity index (χ1n) is 5.19. The number of benzene rings is 1. The molecule has 1 heterocycles. The summed E-state index contributed by atoms with van der Waals surface area (Å²) in [4.78, 5) is 1.29. The first kappa shape index (κ1) is 13.7. The van der Waals surface area contributed by atoms with Crippen LogP contribution in [-0.2, 0) is 9.84 Å². The zero-order valence-electron chi connectivity index (χ0n) is 9.63. The fourth-order valence-electron chi connectivity index (χ4n) is 1.60. The van der Waals surface area contributed by atoms with E-state index in [1.807, 2.05) is 18.2 Å². The van der Waals surface area contributed by atoms with Crippen LogP contribution < -0.4 is 5.73 Å². The van der Waals surface area contributed by atoms with Gasteiger partial charge in [-0.3, -0.25) is 0 Å². The van der Waals surface area contributed by atoms with Crippen LogP contribution in [-0.4, -0.2) is 14.7 Å². The number of sulfone groups is 1. The predicted molar refractivity (Wildman–Crippen MR) is 77.6 cm³/mol. The standard InChI is InChI=1S/C12H12BrNO2S2/c1-18(15,16)9-4-2-3-8(7-9)12(14)10-5-6-11(13)17-10/h2-7,12H,14H2,1H3. The molecule has 0 fully saturated rings. The van der Waals surface area contributed by atoms with Crippen molar-refractivity contribution in [1.29, 1.82) is 0 Å².